The molecule has 2 aromatic heterocycles. The Morgan fingerprint density at radius 2 is 1.84 bits per heavy atom. The number of aromatic amines is 1. The first-order chi connectivity index (χ1) is 14.9. The van der Waals surface area contributed by atoms with Crippen molar-refractivity contribution in [2.24, 2.45) is 5.73 Å². The van der Waals surface area contributed by atoms with Gasteiger partial charge in [-0.15, -0.1) is 0 Å². The van der Waals surface area contributed by atoms with Crippen LogP contribution in [0.1, 0.15) is 23.3 Å². The first kappa shape index (κ1) is 22.5. The van der Waals surface area contributed by atoms with Crippen molar-refractivity contribution < 1.29 is 18.4 Å². The van der Waals surface area contributed by atoms with Gasteiger partial charge in [-0.1, -0.05) is 19.6 Å². The second-order valence-corrected chi connectivity index (χ2v) is 6.89. The molecule has 0 saturated heterocycles. The number of carbonyl (C=O) groups is 2. The standard InChI is InChI=1S/C22H17F2N5O2.CH4/c23-14-5-4-13(16(24)11-14)10-18(20(25)30)28-22(31)15-2-1-3-17-19(15)29-21(27-17)12-6-8-26-9-7-12;/h1-9,11,18H,10H2,(H2,25,30)(H,27,29)(H,28,31);1H4/t18-;/m0./s1. The van der Waals surface area contributed by atoms with Crippen LogP contribution in [0.2, 0.25) is 0 Å². The molecule has 1 atom stereocenters. The average Bonchev–Trinajstić information content (AvgIpc) is 3.20. The normalized spacial score (nSPS) is 11.6. The lowest BCUT2D eigenvalue weighted by molar-refractivity contribution is -0.119. The fourth-order valence-electron chi connectivity index (χ4n) is 3.23. The molecule has 0 bridgehead atoms. The number of H-pyrrole nitrogens is 1. The highest BCUT2D eigenvalue weighted by Gasteiger charge is 2.23. The first-order valence-corrected chi connectivity index (χ1v) is 9.35. The maximum atomic E-state index is 14.0. The first-order valence-electron chi connectivity index (χ1n) is 9.35. The van der Waals surface area contributed by atoms with Gasteiger partial charge in [0.25, 0.3) is 5.91 Å². The molecule has 4 N–H and O–H groups in total. The predicted octanol–water partition coefficient (Wildman–Crippen LogP) is 3.37. The molecule has 0 unspecified atom stereocenters. The van der Waals surface area contributed by atoms with Gasteiger partial charge in [0.1, 0.15) is 29.0 Å². The Bertz CT molecular complexity index is 1270. The van der Waals surface area contributed by atoms with Crippen LogP contribution < -0.4 is 11.1 Å². The van der Waals surface area contributed by atoms with Gasteiger partial charge in [0.2, 0.25) is 5.91 Å². The molecule has 0 fully saturated rings. The lowest BCUT2D eigenvalue weighted by Crippen LogP contribution is -2.46. The van der Waals surface area contributed by atoms with E-state index in [-0.39, 0.29) is 25.0 Å². The van der Waals surface area contributed by atoms with E-state index in [0.717, 1.165) is 11.6 Å². The molecule has 2 heterocycles. The van der Waals surface area contributed by atoms with Crippen LogP contribution in [0.15, 0.2) is 60.9 Å². The number of hydrogen-bond acceptors (Lipinski definition) is 4. The average molecular weight is 437 g/mol. The maximum absolute atomic E-state index is 14.0. The number of hydrogen-bond donors (Lipinski definition) is 3. The zero-order valence-corrected chi connectivity index (χ0v) is 16.1. The molecule has 2 amide bonds. The highest BCUT2D eigenvalue weighted by molar-refractivity contribution is 6.06. The van der Waals surface area contributed by atoms with Crippen LogP contribution >= 0.6 is 0 Å². The number of rotatable bonds is 6. The van der Waals surface area contributed by atoms with Crippen LogP contribution in [0.5, 0.6) is 0 Å². The van der Waals surface area contributed by atoms with E-state index in [1.165, 1.54) is 6.07 Å². The van der Waals surface area contributed by atoms with Crippen LogP contribution in [-0.4, -0.2) is 32.8 Å². The highest BCUT2D eigenvalue weighted by Crippen LogP contribution is 2.22. The smallest absolute Gasteiger partial charge is 0.254 e. The van der Waals surface area contributed by atoms with E-state index in [1.807, 2.05) is 0 Å². The van der Waals surface area contributed by atoms with Crippen LogP contribution in [0.25, 0.3) is 22.4 Å². The Morgan fingerprint density at radius 3 is 2.53 bits per heavy atom. The van der Waals surface area contributed by atoms with E-state index < -0.39 is 29.5 Å². The van der Waals surface area contributed by atoms with Gasteiger partial charge in [0.15, 0.2) is 0 Å². The molecule has 0 aliphatic carbocycles. The Balaban J connectivity index is 0.00000289. The van der Waals surface area contributed by atoms with Crippen LogP contribution in [-0.2, 0) is 11.2 Å². The lowest BCUT2D eigenvalue weighted by Gasteiger charge is -2.16. The summed E-state index contributed by atoms with van der Waals surface area (Å²) in [7, 11) is 0. The van der Waals surface area contributed by atoms with Crippen LogP contribution in [0.3, 0.4) is 0 Å². The summed E-state index contributed by atoms with van der Waals surface area (Å²) in [4.78, 5) is 36.4. The van der Waals surface area contributed by atoms with E-state index >= 15 is 0 Å². The van der Waals surface area contributed by atoms with E-state index in [2.05, 4.69) is 20.3 Å². The second kappa shape index (κ2) is 9.34. The van der Waals surface area contributed by atoms with E-state index in [4.69, 9.17) is 5.73 Å². The van der Waals surface area contributed by atoms with E-state index in [1.54, 1.807) is 42.7 Å². The van der Waals surface area contributed by atoms with Crippen molar-refractivity contribution in [3.05, 3.63) is 83.7 Å². The zero-order chi connectivity index (χ0) is 22.0. The molecule has 32 heavy (non-hydrogen) atoms. The Labute approximate surface area is 182 Å². The van der Waals surface area contributed by atoms with Crippen molar-refractivity contribution in [3.8, 4) is 11.4 Å². The number of primary amides is 1. The van der Waals surface area contributed by atoms with Crippen molar-refractivity contribution in [1.29, 1.82) is 0 Å². The number of benzene rings is 2. The summed E-state index contributed by atoms with van der Waals surface area (Å²) >= 11 is 0. The quantitative estimate of drug-likeness (QED) is 0.429. The van der Waals surface area contributed by atoms with Crippen LogP contribution in [0, 0.1) is 11.6 Å². The van der Waals surface area contributed by atoms with Gasteiger partial charge in [-0.05, 0) is 35.9 Å². The van der Waals surface area contributed by atoms with Gasteiger partial charge in [-0.25, -0.2) is 13.8 Å². The monoisotopic (exact) mass is 437 g/mol. The summed E-state index contributed by atoms with van der Waals surface area (Å²) in [6, 6.07) is 10.3. The number of carbonyl (C=O) groups excluding carboxylic acids is 2. The SMILES string of the molecule is C.NC(=O)[C@H](Cc1ccc(F)cc1F)NC(=O)c1cccc2[nH]c(-c3ccncc3)nc12. The molecule has 0 aliphatic heterocycles. The summed E-state index contributed by atoms with van der Waals surface area (Å²) < 4.78 is 27.1. The molecule has 4 rings (SSSR count). The fraction of sp³-hybridized carbons (Fsp3) is 0.130. The number of nitrogens with zero attached hydrogens (tertiary/aromatic N) is 2. The molecule has 7 nitrogen and oxygen atoms in total. The van der Waals surface area contributed by atoms with E-state index in [9.17, 15) is 18.4 Å². The minimum atomic E-state index is -1.19. The minimum Gasteiger partial charge on any atom is -0.368 e. The number of nitrogens with one attached hydrogen (secondary N) is 2. The molecule has 0 radical (unpaired) electrons. The Hall–Kier alpha value is -4.14. The number of aromatic nitrogens is 3. The molecule has 4 aromatic rings. The van der Waals surface area contributed by atoms with Crippen molar-refractivity contribution in [3.63, 3.8) is 0 Å². The number of imidazole rings is 1. The number of pyridine rings is 1. The number of para-hydroxylation sites is 1. The van der Waals surface area contributed by atoms with Crippen molar-refractivity contribution in [1.82, 2.24) is 20.3 Å². The molecule has 0 aliphatic rings. The predicted molar refractivity (Wildman–Crippen MR) is 117 cm³/mol. The lowest BCUT2D eigenvalue weighted by atomic mass is 10.0. The zero-order valence-electron chi connectivity index (χ0n) is 16.1. The molecular weight excluding hydrogens is 416 g/mol. The molecule has 2 aromatic carbocycles. The Kier molecular flexibility index (Phi) is 6.58. The maximum Gasteiger partial charge on any atom is 0.254 e. The topological polar surface area (TPSA) is 114 Å². The van der Waals surface area contributed by atoms with Gasteiger partial charge in [-0.2, -0.15) is 0 Å². The van der Waals surface area contributed by atoms with Crippen molar-refractivity contribution in [2.75, 3.05) is 0 Å². The summed E-state index contributed by atoms with van der Waals surface area (Å²) in [5, 5.41) is 2.53. The van der Waals surface area contributed by atoms with Crippen molar-refractivity contribution in [2.45, 2.75) is 19.9 Å². The molecule has 0 saturated carbocycles. The molecule has 9 heteroatoms. The summed E-state index contributed by atoms with van der Waals surface area (Å²) in [5.74, 6) is -2.45. The second-order valence-electron chi connectivity index (χ2n) is 6.89. The molecule has 164 valence electrons. The van der Waals surface area contributed by atoms with E-state index in [0.29, 0.717) is 22.9 Å². The van der Waals surface area contributed by atoms with Crippen molar-refractivity contribution >= 4 is 22.8 Å². The number of halogens is 2. The highest BCUT2D eigenvalue weighted by atomic mass is 19.1. The number of amides is 2. The van der Waals surface area contributed by atoms with Gasteiger partial charge in [0.05, 0.1) is 11.1 Å². The third-order valence-corrected chi connectivity index (χ3v) is 4.80. The van der Waals surface area contributed by atoms with Gasteiger partial charge in [-0.3, -0.25) is 14.6 Å². The largest absolute Gasteiger partial charge is 0.368 e. The third kappa shape index (κ3) is 4.61. The third-order valence-electron chi connectivity index (χ3n) is 4.80. The number of fused-ring (bicyclic) bond motifs is 1. The van der Waals surface area contributed by atoms with Crippen LogP contribution in [0.4, 0.5) is 8.78 Å². The molecule has 0 spiro atoms. The fourth-order valence-corrected chi connectivity index (χ4v) is 3.23. The van der Waals surface area contributed by atoms with Gasteiger partial charge < -0.3 is 16.0 Å². The van der Waals surface area contributed by atoms with Gasteiger partial charge in [0, 0.05) is 30.4 Å². The Morgan fingerprint density at radius 1 is 1.09 bits per heavy atom. The van der Waals surface area contributed by atoms with Gasteiger partial charge >= 0.3 is 0 Å². The summed E-state index contributed by atoms with van der Waals surface area (Å²) in [6.45, 7) is 0. The summed E-state index contributed by atoms with van der Waals surface area (Å²) in [6.07, 6.45) is 3.04. The molecular formula is C23H21F2N5O2. The summed E-state index contributed by atoms with van der Waals surface area (Å²) in [5.41, 5.74) is 7.51. The number of nitrogens with two attached hydrogens (primary N) is 1. The minimum absolute atomic E-state index is 0.